The minimum Gasteiger partial charge on any atom is -0.466 e. The molecule has 0 aromatic heterocycles. The second-order valence-corrected chi connectivity index (χ2v) is 27.0. The molecule has 0 fully saturated rings. The summed E-state index contributed by atoms with van der Waals surface area (Å²) in [5, 5.41) is 23.5. The first-order valence-electron chi connectivity index (χ1n) is 38.9. The third kappa shape index (κ3) is 69.7. The number of allylic oxidation sites excluding steroid dienone is 2. The molecule has 6 nitrogen and oxygen atoms in total. The zero-order chi connectivity index (χ0) is 60.6. The molecule has 500 valence electrons. The fourth-order valence-corrected chi connectivity index (χ4v) is 12.6. The van der Waals surface area contributed by atoms with Crippen molar-refractivity contribution in [1.82, 2.24) is 5.32 Å². The van der Waals surface area contributed by atoms with E-state index in [-0.39, 0.29) is 18.5 Å². The number of nitrogens with one attached hydrogen (secondary N) is 1. The molecule has 0 aliphatic carbocycles. The van der Waals surface area contributed by atoms with Crippen molar-refractivity contribution in [2.24, 2.45) is 0 Å². The highest BCUT2D eigenvalue weighted by atomic mass is 16.5. The van der Waals surface area contributed by atoms with Crippen molar-refractivity contribution in [3.8, 4) is 0 Å². The van der Waals surface area contributed by atoms with Crippen molar-refractivity contribution in [1.29, 1.82) is 0 Å². The molecule has 2 atom stereocenters. The maximum Gasteiger partial charge on any atom is 0.305 e. The molecule has 0 aliphatic heterocycles. The van der Waals surface area contributed by atoms with Gasteiger partial charge in [-0.2, -0.15) is 0 Å². The summed E-state index contributed by atoms with van der Waals surface area (Å²) in [4.78, 5) is 24.6. The van der Waals surface area contributed by atoms with Crippen molar-refractivity contribution in [3.05, 3.63) is 12.2 Å². The van der Waals surface area contributed by atoms with Gasteiger partial charge in [0.2, 0.25) is 5.91 Å². The molecule has 1 amide bonds. The smallest absolute Gasteiger partial charge is 0.305 e. The molecule has 2 unspecified atom stereocenters. The maximum absolute atomic E-state index is 12.6. The van der Waals surface area contributed by atoms with Gasteiger partial charge in [-0.05, 0) is 51.4 Å². The zero-order valence-corrected chi connectivity index (χ0v) is 57.4. The number of esters is 1. The van der Waals surface area contributed by atoms with E-state index in [1.807, 2.05) is 0 Å². The summed E-state index contributed by atoms with van der Waals surface area (Å²) in [7, 11) is 0. The monoisotopic (exact) mass is 1180 g/mol. The standard InChI is InChI=1S/C78H153NO5/c1-3-5-7-9-11-13-15-17-19-20-21-22-23-31-34-37-40-43-46-50-54-58-62-66-70-76(81)75(74-80)79-77(82)71-67-63-59-55-51-47-44-41-38-35-32-29-27-25-24-26-28-30-33-36-39-42-45-49-53-57-61-65-69-73-84-78(83)72-68-64-60-56-52-48-18-16-14-12-10-8-6-4-2/h16,18,75-76,80-81H,3-15,17,19-74H2,1-2H3,(H,79,82)/b18-16-. The van der Waals surface area contributed by atoms with E-state index in [4.69, 9.17) is 4.74 Å². The molecule has 6 heteroatoms. The van der Waals surface area contributed by atoms with E-state index in [9.17, 15) is 19.8 Å². The van der Waals surface area contributed by atoms with Crippen molar-refractivity contribution in [2.75, 3.05) is 13.2 Å². The number of ether oxygens (including phenoxy) is 1. The quantitative estimate of drug-likeness (QED) is 0.0320. The minimum absolute atomic E-state index is 0.0122. The maximum atomic E-state index is 12.6. The molecule has 0 saturated carbocycles. The van der Waals surface area contributed by atoms with Crippen LogP contribution in [0.1, 0.15) is 450 Å². The Bertz CT molecular complexity index is 1270. The van der Waals surface area contributed by atoms with Crippen LogP contribution in [0, 0.1) is 0 Å². The fourth-order valence-electron chi connectivity index (χ4n) is 12.6. The Morgan fingerprint density at radius 1 is 0.321 bits per heavy atom. The second-order valence-electron chi connectivity index (χ2n) is 27.0. The van der Waals surface area contributed by atoms with Gasteiger partial charge in [-0.15, -0.1) is 0 Å². The van der Waals surface area contributed by atoms with Gasteiger partial charge >= 0.3 is 5.97 Å². The van der Waals surface area contributed by atoms with Gasteiger partial charge in [0.25, 0.3) is 0 Å². The van der Waals surface area contributed by atoms with Crippen LogP contribution in [0.3, 0.4) is 0 Å². The average molecular weight is 1190 g/mol. The summed E-state index contributed by atoms with van der Waals surface area (Å²) in [6.45, 7) is 5.00. The fraction of sp³-hybridized carbons (Fsp3) is 0.949. The van der Waals surface area contributed by atoms with Gasteiger partial charge in [0.15, 0.2) is 0 Å². The van der Waals surface area contributed by atoms with Crippen LogP contribution in [0.25, 0.3) is 0 Å². The number of aliphatic hydroxyl groups is 2. The summed E-state index contributed by atoms with van der Waals surface area (Å²) in [6.07, 6.45) is 92.9. The summed E-state index contributed by atoms with van der Waals surface area (Å²) >= 11 is 0. The number of unbranched alkanes of at least 4 members (excludes halogenated alkanes) is 61. The zero-order valence-electron chi connectivity index (χ0n) is 57.4. The van der Waals surface area contributed by atoms with Gasteiger partial charge in [-0.3, -0.25) is 9.59 Å². The molecule has 0 aromatic carbocycles. The molecule has 0 aliphatic rings. The largest absolute Gasteiger partial charge is 0.466 e. The topological polar surface area (TPSA) is 95.9 Å². The Hall–Kier alpha value is -1.40. The van der Waals surface area contributed by atoms with Crippen LogP contribution < -0.4 is 5.32 Å². The Morgan fingerprint density at radius 2 is 0.560 bits per heavy atom. The van der Waals surface area contributed by atoms with Gasteiger partial charge in [0.1, 0.15) is 0 Å². The molecule has 0 bridgehead atoms. The van der Waals surface area contributed by atoms with Crippen molar-refractivity contribution >= 4 is 11.9 Å². The van der Waals surface area contributed by atoms with Gasteiger partial charge in [-0.25, -0.2) is 0 Å². The molecule has 0 heterocycles. The molecule has 0 rings (SSSR count). The summed E-state index contributed by atoms with van der Waals surface area (Å²) in [6, 6.07) is -0.540. The summed E-state index contributed by atoms with van der Waals surface area (Å²) in [5.74, 6) is -0.0132. The van der Waals surface area contributed by atoms with Crippen molar-refractivity contribution in [3.63, 3.8) is 0 Å². The first-order chi connectivity index (χ1) is 41.5. The van der Waals surface area contributed by atoms with Crippen LogP contribution in [0.5, 0.6) is 0 Å². The van der Waals surface area contributed by atoms with Crippen LogP contribution in [0.15, 0.2) is 12.2 Å². The molecule has 0 saturated heterocycles. The average Bonchev–Trinajstić information content (AvgIpc) is 3.51. The molecule has 0 aromatic rings. The normalized spacial score (nSPS) is 12.5. The lowest BCUT2D eigenvalue weighted by Gasteiger charge is -2.22. The second kappa shape index (κ2) is 74.1. The molecule has 84 heavy (non-hydrogen) atoms. The van der Waals surface area contributed by atoms with E-state index < -0.39 is 12.1 Å². The number of rotatable bonds is 74. The number of carbonyl (C=O) groups excluding carboxylic acids is 2. The van der Waals surface area contributed by atoms with Gasteiger partial charge in [-0.1, -0.05) is 398 Å². The molecule has 0 spiro atoms. The van der Waals surface area contributed by atoms with E-state index in [1.165, 1.54) is 372 Å². The van der Waals surface area contributed by atoms with Crippen molar-refractivity contribution in [2.45, 2.75) is 463 Å². The molecular weight excluding hydrogens is 1030 g/mol. The van der Waals surface area contributed by atoms with Crippen LogP contribution in [-0.4, -0.2) is 47.4 Å². The first kappa shape index (κ1) is 82.6. The highest BCUT2D eigenvalue weighted by molar-refractivity contribution is 5.76. The van der Waals surface area contributed by atoms with E-state index in [0.29, 0.717) is 25.9 Å². The lowest BCUT2D eigenvalue weighted by Crippen LogP contribution is -2.45. The highest BCUT2D eigenvalue weighted by Crippen LogP contribution is 2.20. The number of aliphatic hydroxyl groups excluding tert-OH is 2. The Kier molecular flexibility index (Phi) is 72.8. The lowest BCUT2D eigenvalue weighted by atomic mass is 10.0. The van der Waals surface area contributed by atoms with E-state index in [2.05, 4.69) is 31.3 Å². The van der Waals surface area contributed by atoms with E-state index >= 15 is 0 Å². The summed E-state index contributed by atoms with van der Waals surface area (Å²) < 4.78 is 5.49. The number of hydrogen-bond acceptors (Lipinski definition) is 5. The predicted octanol–water partition coefficient (Wildman–Crippen LogP) is 25.5. The van der Waals surface area contributed by atoms with Crippen molar-refractivity contribution < 1.29 is 24.5 Å². The third-order valence-electron chi connectivity index (χ3n) is 18.6. The first-order valence-corrected chi connectivity index (χ1v) is 38.9. The number of hydrogen-bond donors (Lipinski definition) is 3. The Morgan fingerprint density at radius 3 is 0.845 bits per heavy atom. The van der Waals surface area contributed by atoms with Gasteiger partial charge in [0.05, 0.1) is 25.4 Å². The Balaban J connectivity index is 3.34. The van der Waals surface area contributed by atoms with E-state index in [0.717, 1.165) is 44.9 Å². The van der Waals surface area contributed by atoms with Gasteiger partial charge in [0, 0.05) is 12.8 Å². The summed E-state index contributed by atoms with van der Waals surface area (Å²) in [5.41, 5.74) is 0. The van der Waals surface area contributed by atoms with Gasteiger partial charge < -0.3 is 20.3 Å². The predicted molar refractivity (Wildman–Crippen MR) is 370 cm³/mol. The van der Waals surface area contributed by atoms with E-state index in [1.54, 1.807) is 0 Å². The van der Waals surface area contributed by atoms with Crippen LogP contribution in [0.2, 0.25) is 0 Å². The minimum atomic E-state index is -0.663. The Labute approximate surface area is 527 Å². The SMILES string of the molecule is CCCCCCC/C=C\CCCCCCCC(=O)OCCCCCCCCCCCCCCCCCCCCCCCCCCCCCCCC(=O)NC(CO)C(O)CCCCCCCCCCCCCCCCCCCCCCCCCC. The van der Waals surface area contributed by atoms with Crippen LogP contribution in [0.4, 0.5) is 0 Å². The highest BCUT2D eigenvalue weighted by Gasteiger charge is 2.20. The lowest BCUT2D eigenvalue weighted by molar-refractivity contribution is -0.143. The molecule has 3 N–H and O–H groups in total. The molecular formula is C78H153NO5. The van der Waals surface area contributed by atoms with Crippen LogP contribution in [-0.2, 0) is 14.3 Å². The van der Waals surface area contributed by atoms with Crippen LogP contribution >= 0.6 is 0 Å². The number of carbonyl (C=O) groups is 2. The third-order valence-corrected chi connectivity index (χ3v) is 18.6. The number of amides is 1. The molecule has 0 radical (unpaired) electrons.